The van der Waals surface area contributed by atoms with E-state index in [0.29, 0.717) is 5.95 Å². The van der Waals surface area contributed by atoms with Gasteiger partial charge in [-0.3, -0.25) is 4.57 Å². The summed E-state index contributed by atoms with van der Waals surface area (Å²) in [5, 5.41) is 5.93. The minimum absolute atomic E-state index is 0.682. The quantitative estimate of drug-likeness (QED) is 0.176. The predicted octanol–water partition coefficient (Wildman–Crippen LogP) is 13.8. The van der Waals surface area contributed by atoms with Crippen LogP contribution in [0.2, 0.25) is 0 Å². The van der Waals surface area contributed by atoms with Gasteiger partial charge in [0.05, 0.1) is 33.3 Å². The van der Waals surface area contributed by atoms with Crippen molar-refractivity contribution in [1.29, 1.82) is 0 Å². The summed E-state index contributed by atoms with van der Waals surface area (Å²) < 4.78 is 4.75. The Bertz CT molecular complexity index is 3440. The average molecular weight is 741 g/mol. The molecule has 0 amide bonds. The molecule has 0 N–H and O–H groups in total. The average Bonchev–Trinajstić information content (AvgIpc) is 3.82. The molecule has 0 saturated heterocycles. The summed E-state index contributed by atoms with van der Waals surface area (Å²) >= 11 is 0. The fourth-order valence-electron chi connectivity index (χ4n) is 9.39. The molecule has 58 heavy (non-hydrogen) atoms. The minimum atomic E-state index is 0.682. The Labute approximate surface area is 335 Å². The maximum Gasteiger partial charge on any atom is 0.235 e. The second-order valence-electron chi connectivity index (χ2n) is 15.3. The van der Waals surface area contributed by atoms with Crippen LogP contribution in [-0.2, 0) is 6.42 Å². The second-order valence-corrected chi connectivity index (χ2v) is 15.3. The van der Waals surface area contributed by atoms with Crippen molar-refractivity contribution < 1.29 is 0 Å². The van der Waals surface area contributed by atoms with Gasteiger partial charge in [-0.05, 0) is 83.1 Å². The van der Waals surface area contributed by atoms with Gasteiger partial charge >= 0.3 is 0 Å². The van der Waals surface area contributed by atoms with Gasteiger partial charge in [-0.15, -0.1) is 0 Å². The maximum atomic E-state index is 5.39. The molecular weight excluding hydrogens is 705 g/mol. The van der Waals surface area contributed by atoms with Crippen LogP contribution in [0, 0.1) is 0 Å². The third kappa shape index (κ3) is 5.01. The molecule has 0 saturated carbocycles. The van der Waals surface area contributed by atoms with Gasteiger partial charge in [0.1, 0.15) is 0 Å². The lowest BCUT2D eigenvalue weighted by atomic mass is 9.87. The van der Waals surface area contributed by atoms with E-state index >= 15 is 0 Å². The number of benzene rings is 8. The van der Waals surface area contributed by atoms with E-state index in [9.17, 15) is 0 Å². The van der Waals surface area contributed by atoms with Gasteiger partial charge in [0, 0.05) is 43.7 Å². The Morgan fingerprint density at radius 3 is 1.90 bits per heavy atom. The van der Waals surface area contributed by atoms with Crippen LogP contribution >= 0.6 is 0 Å². The molecule has 0 spiro atoms. The van der Waals surface area contributed by atoms with Crippen molar-refractivity contribution in [2.45, 2.75) is 12.8 Å². The molecule has 0 radical (unpaired) electrons. The summed E-state index contributed by atoms with van der Waals surface area (Å²) in [6, 6.07) is 65.5. The molecule has 0 fully saturated rings. The lowest BCUT2D eigenvalue weighted by Gasteiger charge is -2.20. The number of hydrogen-bond acceptors (Lipinski definition) is 2. The zero-order valence-electron chi connectivity index (χ0n) is 31.7. The number of para-hydroxylation sites is 3. The van der Waals surface area contributed by atoms with E-state index < -0.39 is 0 Å². The fraction of sp³-hybridized carbons (Fsp3) is 0.0370. The van der Waals surface area contributed by atoms with Crippen molar-refractivity contribution in [2.24, 2.45) is 0 Å². The van der Waals surface area contributed by atoms with Crippen molar-refractivity contribution >= 4 is 60.6 Å². The molecule has 8 aromatic carbocycles. The van der Waals surface area contributed by atoms with Gasteiger partial charge in [0.15, 0.2) is 0 Å². The number of rotatable bonds is 5. The fourth-order valence-corrected chi connectivity index (χ4v) is 9.39. The monoisotopic (exact) mass is 740 g/mol. The van der Waals surface area contributed by atoms with Crippen LogP contribution in [0.4, 0.5) is 0 Å². The van der Waals surface area contributed by atoms with Crippen LogP contribution in [0.25, 0.3) is 106 Å². The molecule has 3 heterocycles. The highest BCUT2D eigenvalue weighted by atomic mass is 15.2. The van der Waals surface area contributed by atoms with Crippen LogP contribution in [0.1, 0.15) is 17.5 Å². The molecule has 0 bridgehead atoms. The van der Waals surface area contributed by atoms with Crippen molar-refractivity contribution in [2.75, 3.05) is 0 Å². The molecule has 0 aliphatic heterocycles. The molecule has 1 aliphatic carbocycles. The van der Waals surface area contributed by atoms with Crippen LogP contribution < -0.4 is 0 Å². The maximum absolute atomic E-state index is 5.39. The van der Waals surface area contributed by atoms with E-state index in [1.54, 1.807) is 0 Å². The topological polar surface area (TPSA) is 35.6 Å². The third-order valence-corrected chi connectivity index (χ3v) is 12.0. The molecule has 12 rings (SSSR count). The third-order valence-electron chi connectivity index (χ3n) is 12.0. The van der Waals surface area contributed by atoms with Gasteiger partial charge in [-0.1, -0.05) is 152 Å². The van der Waals surface area contributed by atoms with Crippen LogP contribution in [0.5, 0.6) is 0 Å². The van der Waals surface area contributed by atoms with Gasteiger partial charge in [0.2, 0.25) is 5.95 Å². The molecular formula is C54H36N4. The zero-order valence-corrected chi connectivity index (χ0v) is 31.7. The smallest absolute Gasteiger partial charge is 0.235 e. The highest BCUT2D eigenvalue weighted by molar-refractivity contribution is 6.15. The lowest BCUT2D eigenvalue weighted by Crippen LogP contribution is -2.06. The predicted molar refractivity (Wildman–Crippen MR) is 242 cm³/mol. The summed E-state index contributed by atoms with van der Waals surface area (Å²) in [6.07, 6.45) is 6.60. The van der Waals surface area contributed by atoms with E-state index in [2.05, 4.69) is 203 Å². The van der Waals surface area contributed by atoms with Crippen LogP contribution in [0.15, 0.2) is 188 Å². The Morgan fingerprint density at radius 1 is 0.431 bits per heavy atom. The van der Waals surface area contributed by atoms with Crippen LogP contribution in [0.3, 0.4) is 0 Å². The number of aromatic nitrogens is 4. The van der Waals surface area contributed by atoms with E-state index in [4.69, 9.17) is 9.97 Å². The highest BCUT2D eigenvalue weighted by Crippen LogP contribution is 2.44. The van der Waals surface area contributed by atoms with Crippen molar-refractivity contribution in [3.63, 3.8) is 0 Å². The molecule has 4 nitrogen and oxygen atoms in total. The first-order chi connectivity index (χ1) is 28.8. The molecule has 4 heteroatoms. The molecule has 11 aromatic rings. The number of fused-ring (bicyclic) bond motifs is 9. The van der Waals surface area contributed by atoms with Crippen molar-refractivity contribution in [1.82, 2.24) is 19.1 Å². The second kappa shape index (κ2) is 13.0. The Kier molecular flexibility index (Phi) is 7.32. The normalized spacial score (nSPS) is 12.6. The molecule has 272 valence electrons. The van der Waals surface area contributed by atoms with Gasteiger partial charge in [-0.2, -0.15) is 0 Å². The van der Waals surface area contributed by atoms with Gasteiger partial charge < -0.3 is 4.57 Å². The first kappa shape index (κ1) is 32.7. The Morgan fingerprint density at radius 2 is 1.09 bits per heavy atom. The Balaban J connectivity index is 1.11. The lowest BCUT2D eigenvalue weighted by molar-refractivity contribution is 0.978. The SMILES string of the molecule is C1=Cc2c(c(-c3ccc4c5ccccc5n(-c5cccc(-c6ccccc6)c5)c4c3)cc3c4ccccc4n(-c4nc(-c5ccccc5)c5ccccc5n4)c23)CC1. The first-order valence-corrected chi connectivity index (χ1v) is 20.1. The summed E-state index contributed by atoms with van der Waals surface area (Å²) in [6.45, 7) is 0. The summed E-state index contributed by atoms with van der Waals surface area (Å²) in [5.74, 6) is 0.682. The van der Waals surface area contributed by atoms with E-state index in [0.717, 1.165) is 51.7 Å². The largest absolute Gasteiger partial charge is 0.309 e. The van der Waals surface area contributed by atoms with E-state index in [-0.39, 0.29) is 0 Å². The molecule has 0 atom stereocenters. The highest BCUT2D eigenvalue weighted by Gasteiger charge is 2.24. The van der Waals surface area contributed by atoms with Gasteiger partial charge in [-0.25, -0.2) is 9.97 Å². The van der Waals surface area contributed by atoms with E-state index in [1.165, 1.54) is 66.0 Å². The van der Waals surface area contributed by atoms with Crippen LogP contribution in [-0.4, -0.2) is 19.1 Å². The minimum Gasteiger partial charge on any atom is -0.309 e. The van der Waals surface area contributed by atoms with Crippen molar-refractivity contribution in [3.8, 4) is 45.1 Å². The van der Waals surface area contributed by atoms with Crippen molar-refractivity contribution in [3.05, 3.63) is 199 Å². The van der Waals surface area contributed by atoms with Gasteiger partial charge in [0.25, 0.3) is 0 Å². The number of allylic oxidation sites excluding steroid dienone is 1. The zero-order chi connectivity index (χ0) is 38.2. The summed E-state index contributed by atoms with van der Waals surface area (Å²) in [7, 11) is 0. The summed E-state index contributed by atoms with van der Waals surface area (Å²) in [5.41, 5.74) is 16.2. The summed E-state index contributed by atoms with van der Waals surface area (Å²) in [4.78, 5) is 10.7. The number of nitrogens with zero attached hydrogens (tertiary/aromatic N) is 4. The standard InChI is InChI=1S/C54H36N4/c1-3-16-35(17-4-1)37-20-15-21-39(32-37)57-49-28-13-10-23-41(49)43-31-30-38(33-51(43)57)46-34-47-42-24-11-14-29-50(42)58(53(47)44-25-8-7-22-40(44)46)54-55-48-27-12-9-26-45(48)52(56-54)36-18-5-2-6-19-36/h1-6,8-21,23-34H,7,22H2. The van der Waals surface area contributed by atoms with E-state index in [1.807, 2.05) is 0 Å². The molecule has 1 aliphatic rings. The Hall–Kier alpha value is -7.56. The molecule has 0 unspecified atom stereocenters. The molecule has 3 aromatic heterocycles. The first-order valence-electron chi connectivity index (χ1n) is 20.1. The number of hydrogen-bond donors (Lipinski definition) is 0.